The van der Waals surface area contributed by atoms with E-state index in [0.29, 0.717) is 35.5 Å². The van der Waals surface area contributed by atoms with Gasteiger partial charge in [0.05, 0.1) is 16.4 Å². The number of anilines is 1. The molecule has 4 rings (SSSR count). The fourth-order valence-electron chi connectivity index (χ4n) is 3.18. The Balaban J connectivity index is 1.50. The average Bonchev–Trinajstić information content (AvgIpc) is 2.76. The predicted molar refractivity (Wildman–Crippen MR) is 128 cm³/mol. The zero-order valence-electron chi connectivity index (χ0n) is 16.5. The Morgan fingerprint density at radius 3 is 2.61 bits per heavy atom. The van der Waals surface area contributed by atoms with E-state index in [4.69, 9.17) is 39.3 Å². The highest BCUT2D eigenvalue weighted by Gasteiger charge is 2.12. The molecule has 6 N–H and O–H groups in total. The van der Waals surface area contributed by atoms with Crippen molar-refractivity contribution in [2.24, 2.45) is 5.73 Å². The van der Waals surface area contributed by atoms with Crippen molar-refractivity contribution in [2.75, 3.05) is 25.0 Å². The minimum atomic E-state index is 0.0803. The van der Waals surface area contributed by atoms with Crippen molar-refractivity contribution in [3.05, 3.63) is 76.1 Å². The Hall–Kier alpha value is -3.29. The zero-order valence-corrected chi connectivity index (χ0v) is 18.1. The molecule has 0 saturated carbocycles. The van der Waals surface area contributed by atoms with Crippen molar-refractivity contribution in [3.8, 4) is 11.4 Å². The number of nitrogens with zero attached hydrogens (tertiary/aromatic N) is 2. The van der Waals surface area contributed by atoms with E-state index in [1.165, 1.54) is 0 Å². The van der Waals surface area contributed by atoms with Gasteiger partial charge in [-0.3, -0.25) is 5.41 Å². The first kappa shape index (κ1) is 21.0. The highest BCUT2D eigenvalue weighted by atomic mass is 35.5. The van der Waals surface area contributed by atoms with Crippen molar-refractivity contribution in [3.63, 3.8) is 0 Å². The summed E-state index contributed by atoms with van der Waals surface area (Å²) >= 11 is 12.4. The molecule has 1 aliphatic rings. The second-order valence-corrected chi connectivity index (χ2v) is 7.77. The van der Waals surface area contributed by atoms with Crippen molar-refractivity contribution < 1.29 is 0 Å². The van der Waals surface area contributed by atoms with Crippen LogP contribution in [0.15, 0.2) is 66.0 Å². The third kappa shape index (κ3) is 4.90. The molecule has 0 atom stereocenters. The third-order valence-corrected chi connectivity index (χ3v) is 5.32. The van der Waals surface area contributed by atoms with Crippen molar-refractivity contribution >= 4 is 45.8 Å². The van der Waals surface area contributed by atoms with Crippen LogP contribution in [0, 0.1) is 5.41 Å². The maximum atomic E-state index is 7.47. The SMILES string of the molecule is N=C(N)C1=CC=C(NCCNc2nc(-c3ccc(Cl)cc3Cl)nc3ccccc23)NC1. The fraction of sp³-hybridized carbons (Fsp3) is 0.136. The minimum absolute atomic E-state index is 0.0803. The largest absolute Gasteiger partial charge is 0.384 e. The van der Waals surface area contributed by atoms with Crippen LogP contribution in [0.5, 0.6) is 0 Å². The number of nitrogens with one attached hydrogen (secondary N) is 4. The van der Waals surface area contributed by atoms with Crippen LogP contribution in [0.3, 0.4) is 0 Å². The highest BCUT2D eigenvalue weighted by Crippen LogP contribution is 2.31. The van der Waals surface area contributed by atoms with Crippen LogP contribution in [0.25, 0.3) is 22.3 Å². The maximum absolute atomic E-state index is 7.47. The summed E-state index contributed by atoms with van der Waals surface area (Å²) in [6.07, 6.45) is 3.72. The van der Waals surface area contributed by atoms with Crippen molar-refractivity contribution in [1.82, 2.24) is 20.6 Å². The highest BCUT2D eigenvalue weighted by molar-refractivity contribution is 6.36. The number of amidine groups is 1. The number of rotatable bonds is 7. The molecule has 0 spiro atoms. The van der Waals surface area contributed by atoms with Gasteiger partial charge in [-0.1, -0.05) is 41.4 Å². The number of para-hydroxylation sites is 1. The molecular weight excluding hydrogens is 433 g/mol. The smallest absolute Gasteiger partial charge is 0.163 e. The third-order valence-electron chi connectivity index (χ3n) is 4.77. The molecule has 7 nitrogen and oxygen atoms in total. The van der Waals surface area contributed by atoms with Gasteiger partial charge in [-0.15, -0.1) is 0 Å². The Morgan fingerprint density at radius 1 is 1.06 bits per heavy atom. The number of hydrogen-bond acceptors (Lipinski definition) is 6. The molecule has 9 heteroatoms. The molecule has 0 fully saturated rings. The van der Waals surface area contributed by atoms with Gasteiger partial charge in [0.15, 0.2) is 5.82 Å². The van der Waals surface area contributed by atoms with Crippen LogP contribution >= 0.6 is 23.2 Å². The van der Waals surface area contributed by atoms with E-state index in [9.17, 15) is 0 Å². The lowest BCUT2D eigenvalue weighted by molar-refractivity contribution is 0.712. The van der Waals surface area contributed by atoms with Gasteiger partial charge in [0.2, 0.25) is 0 Å². The van der Waals surface area contributed by atoms with E-state index < -0.39 is 0 Å². The summed E-state index contributed by atoms with van der Waals surface area (Å²) in [5, 5.41) is 19.4. The quantitative estimate of drug-likeness (QED) is 0.210. The lowest BCUT2D eigenvalue weighted by Crippen LogP contribution is -2.35. The molecule has 0 aliphatic carbocycles. The summed E-state index contributed by atoms with van der Waals surface area (Å²) < 4.78 is 0. The molecule has 31 heavy (non-hydrogen) atoms. The number of hydrogen-bond donors (Lipinski definition) is 5. The fourth-order valence-corrected chi connectivity index (χ4v) is 3.67. The molecular formula is C22H21Cl2N7. The molecule has 0 amide bonds. The summed E-state index contributed by atoms with van der Waals surface area (Å²) in [5.74, 6) is 2.23. The van der Waals surface area contributed by atoms with Gasteiger partial charge in [-0.2, -0.15) is 0 Å². The number of dihydropyridines is 1. The van der Waals surface area contributed by atoms with Gasteiger partial charge in [0, 0.05) is 41.2 Å². The van der Waals surface area contributed by atoms with E-state index >= 15 is 0 Å². The summed E-state index contributed by atoms with van der Waals surface area (Å²) in [7, 11) is 0. The van der Waals surface area contributed by atoms with Crippen LogP contribution in [-0.4, -0.2) is 35.4 Å². The van der Waals surface area contributed by atoms with E-state index in [-0.39, 0.29) is 5.84 Å². The van der Waals surface area contributed by atoms with E-state index in [0.717, 1.165) is 33.7 Å². The minimum Gasteiger partial charge on any atom is -0.384 e. The molecule has 158 valence electrons. The van der Waals surface area contributed by atoms with Crippen molar-refractivity contribution in [2.45, 2.75) is 0 Å². The predicted octanol–water partition coefficient (Wildman–Crippen LogP) is 3.91. The molecule has 0 bridgehead atoms. The molecule has 1 aromatic heterocycles. The second kappa shape index (κ2) is 9.24. The first-order chi connectivity index (χ1) is 15.0. The number of allylic oxidation sites excluding steroid dienone is 2. The van der Waals surface area contributed by atoms with Crippen LogP contribution in [-0.2, 0) is 0 Å². The van der Waals surface area contributed by atoms with Gasteiger partial charge in [0.25, 0.3) is 0 Å². The first-order valence-electron chi connectivity index (χ1n) is 9.70. The number of fused-ring (bicyclic) bond motifs is 1. The number of nitrogens with two attached hydrogens (primary N) is 1. The van der Waals surface area contributed by atoms with E-state index in [1.54, 1.807) is 12.1 Å². The summed E-state index contributed by atoms with van der Waals surface area (Å²) in [4.78, 5) is 9.39. The van der Waals surface area contributed by atoms with Gasteiger partial charge >= 0.3 is 0 Å². The van der Waals surface area contributed by atoms with Gasteiger partial charge < -0.3 is 21.7 Å². The standard InChI is InChI=1S/C22H21Cl2N7/c23-14-6-7-15(17(24)11-14)22-30-18-4-2-1-3-16(18)21(31-22)28-10-9-27-19-8-5-13(12-29-19)20(25)26/h1-8,11,27,29H,9-10,12H2,(H3,25,26)(H,28,30,31). The summed E-state index contributed by atoms with van der Waals surface area (Å²) in [6, 6.07) is 13.1. The first-order valence-corrected chi connectivity index (χ1v) is 10.5. The topological polar surface area (TPSA) is 112 Å². The lowest BCUT2D eigenvalue weighted by atomic mass is 10.2. The maximum Gasteiger partial charge on any atom is 0.163 e. The Bertz CT molecular complexity index is 1200. The van der Waals surface area contributed by atoms with E-state index in [2.05, 4.69) is 20.9 Å². The molecule has 0 saturated heterocycles. The van der Waals surface area contributed by atoms with E-state index in [1.807, 2.05) is 42.5 Å². The molecule has 3 aromatic rings. The Kier molecular flexibility index (Phi) is 6.25. The number of aromatic nitrogens is 2. The zero-order chi connectivity index (χ0) is 21.8. The van der Waals surface area contributed by atoms with Crippen LogP contribution in [0.2, 0.25) is 10.0 Å². The van der Waals surface area contributed by atoms with Crippen LogP contribution < -0.4 is 21.7 Å². The molecule has 0 unspecified atom stereocenters. The monoisotopic (exact) mass is 453 g/mol. The second-order valence-electron chi connectivity index (χ2n) is 6.93. The molecule has 2 heterocycles. The van der Waals surface area contributed by atoms with Crippen LogP contribution in [0.1, 0.15) is 0 Å². The van der Waals surface area contributed by atoms with Crippen molar-refractivity contribution in [1.29, 1.82) is 5.41 Å². The average molecular weight is 454 g/mol. The number of benzene rings is 2. The summed E-state index contributed by atoms with van der Waals surface area (Å²) in [6.45, 7) is 1.83. The Labute approximate surface area is 189 Å². The molecule has 0 radical (unpaired) electrons. The van der Waals surface area contributed by atoms with Gasteiger partial charge in [0.1, 0.15) is 11.7 Å². The normalized spacial score (nSPS) is 13.2. The van der Waals surface area contributed by atoms with Gasteiger partial charge in [-0.25, -0.2) is 9.97 Å². The summed E-state index contributed by atoms with van der Waals surface area (Å²) in [5.41, 5.74) is 7.82. The van der Waals surface area contributed by atoms with Gasteiger partial charge in [-0.05, 0) is 36.4 Å². The van der Waals surface area contributed by atoms with Crippen LogP contribution in [0.4, 0.5) is 5.82 Å². The molecule has 1 aliphatic heterocycles. The lowest BCUT2D eigenvalue weighted by Gasteiger charge is -2.18. The Morgan fingerprint density at radius 2 is 1.87 bits per heavy atom. The molecule has 2 aromatic carbocycles. The number of halogens is 2.